The molecule has 148 valence electrons. The summed E-state index contributed by atoms with van der Waals surface area (Å²) < 4.78 is 0. The minimum Gasteiger partial charge on any atom is -0.355 e. The number of hydrogen-bond acceptors (Lipinski definition) is 3. The zero-order valence-corrected chi connectivity index (χ0v) is 17.1. The molecule has 1 heterocycles. The van der Waals surface area contributed by atoms with Gasteiger partial charge < -0.3 is 10.2 Å². The van der Waals surface area contributed by atoms with Crippen molar-refractivity contribution < 1.29 is 9.59 Å². The van der Waals surface area contributed by atoms with Crippen LogP contribution in [0.2, 0.25) is 10.0 Å². The molecule has 2 aliphatic rings. The summed E-state index contributed by atoms with van der Waals surface area (Å²) >= 11 is 12.0. The third-order valence-corrected chi connectivity index (χ3v) is 6.09. The number of nitrogens with one attached hydrogen (secondary N) is 1. The van der Waals surface area contributed by atoms with E-state index in [0.29, 0.717) is 22.5 Å². The van der Waals surface area contributed by atoms with E-state index in [4.69, 9.17) is 23.2 Å². The van der Waals surface area contributed by atoms with E-state index in [1.54, 1.807) is 18.2 Å². The van der Waals surface area contributed by atoms with Crippen LogP contribution in [0.25, 0.3) is 0 Å². The largest absolute Gasteiger partial charge is 0.355 e. The van der Waals surface area contributed by atoms with E-state index < -0.39 is 0 Å². The second kappa shape index (κ2) is 9.76. The molecule has 3 rings (SSSR count). The van der Waals surface area contributed by atoms with Gasteiger partial charge in [-0.2, -0.15) is 0 Å². The summed E-state index contributed by atoms with van der Waals surface area (Å²) in [7, 11) is 0. The summed E-state index contributed by atoms with van der Waals surface area (Å²) in [6.07, 6.45) is 4.75. The van der Waals surface area contributed by atoms with E-state index in [1.165, 1.54) is 12.8 Å². The Bertz CT molecular complexity index is 669. The number of hydrogen-bond donors (Lipinski definition) is 1. The van der Waals surface area contributed by atoms with E-state index in [2.05, 4.69) is 10.2 Å². The summed E-state index contributed by atoms with van der Waals surface area (Å²) in [6.45, 7) is 4.73. The highest BCUT2D eigenvalue weighted by Crippen LogP contribution is 2.27. The normalized spacial score (nSPS) is 18.7. The number of carbonyl (C=O) groups is 2. The van der Waals surface area contributed by atoms with Crippen LogP contribution in [0.5, 0.6) is 0 Å². The minimum atomic E-state index is -0.0470. The summed E-state index contributed by atoms with van der Waals surface area (Å²) in [5.74, 6) is 0.560. The molecule has 2 amide bonds. The molecule has 1 aliphatic carbocycles. The van der Waals surface area contributed by atoms with Gasteiger partial charge >= 0.3 is 0 Å². The van der Waals surface area contributed by atoms with Gasteiger partial charge in [-0.15, -0.1) is 0 Å². The number of rotatable bonds is 6. The number of nitrogens with zero attached hydrogens (tertiary/aromatic N) is 2. The van der Waals surface area contributed by atoms with Crippen LogP contribution < -0.4 is 5.32 Å². The molecule has 1 aromatic rings. The standard InChI is InChI=1S/C20H27Cl2N3O2/c21-17-6-5-16(18(22)14-17)13-19(26)23-7-8-24-9-11-25(12-10-24)20(27)15-3-1-2-4-15/h5-6,14-15H,1-4,7-13H2,(H,23,26). The number of amides is 2. The summed E-state index contributed by atoms with van der Waals surface area (Å²) in [5, 5.41) is 4.03. The maximum Gasteiger partial charge on any atom is 0.225 e. The number of piperazine rings is 1. The first-order valence-corrected chi connectivity index (χ1v) is 10.5. The fourth-order valence-electron chi connectivity index (χ4n) is 3.88. The Morgan fingerprint density at radius 3 is 2.44 bits per heavy atom. The zero-order valence-electron chi connectivity index (χ0n) is 15.6. The summed E-state index contributed by atoms with van der Waals surface area (Å²) in [5.41, 5.74) is 0.776. The van der Waals surface area contributed by atoms with Crippen LogP contribution in [0.15, 0.2) is 18.2 Å². The molecule has 0 aromatic heterocycles. The van der Waals surface area contributed by atoms with Crippen LogP contribution >= 0.6 is 23.2 Å². The van der Waals surface area contributed by atoms with Crippen molar-refractivity contribution >= 4 is 35.0 Å². The third kappa shape index (κ3) is 5.84. The highest BCUT2D eigenvalue weighted by Gasteiger charge is 2.29. The van der Waals surface area contributed by atoms with Gasteiger partial charge in [0.1, 0.15) is 0 Å². The Hall–Kier alpha value is -1.30. The van der Waals surface area contributed by atoms with Gasteiger partial charge in [-0.1, -0.05) is 42.1 Å². The Labute approximate surface area is 171 Å². The SMILES string of the molecule is O=C(Cc1ccc(Cl)cc1Cl)NCCN1CCN(C(=O)C2CCCC2)CC1. The lowest BCUT2D eigenvalue weighted by Gasteiger charge is -2.36. The van der Waals surface area contributed by atoms with Gasteiger partial charge in [0.05, 0.1) is 6.42 Å². The molecule has 1 aromatic carbocycles. The lowest BCUT2D eigenvalue weighted by molar-refractivity contribution is -0.137. The molecular formula is C20H27Cl2N3O2. The number of carbonyl (C=O) groups excluding carboxylic acids is 2. The van der Waals surface area contributed by atoms with Crippen LogP contribution in [-0.2, 0) is 16.0 Å². The van der Waals surface area contributed by atoms with Crippen molar-refractivity contribution in [1.29, 1.82) is 0 Å². The first kappa shape index (κ1) is 20.4. The second-order valence-electron chi connectivity index (χ2n) is 7.41. The van der Waals surface area contributed by atoms with Crippen LogP contribution in [-0.4, -0.2) is 60.9 Å². The molecule has 1 saturated carbocycles. The van der Waals surface area contributed by atoms with Gasteiger partial charge in [-0.3, -0.25) is 14.5 Å². The molecular weight excluding hydrogens is 385 g/mol. The molecule has 1 N–H and O–H groups in total. The molecule has 0 unspecified atom stereocenters. The van der Waals surface area contributed by atoms with Crippen molar-refractivity contribution in [1.82, 2.24) is 15.1 Å². The Kier molecular flexibility index (Phi) is 7.39. The van der Waals surface area contributed by atoms with E-state index in [9.17, 15) is 9.59 Å². The predicted octanol–water partition coefficient (Wildman–Crippen LogP) is 2.99. The van der Waals surface area contributed by atoms with Crippen LogP contribution in [0, 0.1) is 5.92 Å². The second-order valence-corrected chi connectivity index (χ2v) is 8.25. The Balaban J connectivity index is 1.34. The van der Waals surface area contributed by atoms with Gasteiger partial charge in [0.2, 0.25) is 11.8 Å². The van der Waals surface area contributed by atoms with E-state index in [0.717, 1.165) is 51.1 Å². The molecule has 1 aliphatic heterocycles. The first-order valence-electron chi connectivity index (χ1n) is 9.74. The average Bonchev–Trinajstić information content (AvgIpc) is 3.19. The molecule has 0 bridgehead atoms. The quantitative estimate of drug-likeness (QED) is 0.782. The molecule has 0 atom stereocenters. The Morgan fingerprint density at radius 1 is 1.07 bits per heavy atom. The van der Waals surface area contributed by atoms with Crippen LogP contribution in [0.1, 0.15) is 31.2 Å². The van der Waals surface area contributed by atoms with E-state index >= 15 is 0 Å². The monoisotopic (exact) mass is 411 g/mol. The molecule has 27 heavy (non-hydrogen) atoms. The van der Waals surface area contributed by atoms with Crippen molar-refractivity contribution in [2.24, 2.45) is 5.92 Å². The summed E-state index contributed by atoms with van der Waals surface area (Å²) in [6, 6.07) is 5.17. The van der Waals surface area contributed by atoms with E-state index in [-0.39, 0.29) is 18.2 Å². The van der Waals surface area contributed by atoms with Gasteiger partial charge in [-0.25, -0.2) is 0 Å². The fraction of sp³-hybridized carbons (Fsp3) is 0.600. The van der Waals surface area contributed by atoms with Crippen LogP contribution in [0.4, 0.5) is 0 Å². The first-order chi connectivity index (χ1) is 13.0. The van der Waals surface area contributed by atoms with Gasteiger partial charge in [0, 0.05) is 55.2 Å². The van der Waals surface area contributed by atoms with E-state index in [1.807, 2.05) is 4.90 Å². The zero-order chi connectivity index (χ0) is 19.2. The van der Waals surface area contributed by atoms with Crippen molar-refractivity contribution in [3.8, 4) is 0 Å². The van der Waals surface area contributed by atoms with Crippen LogP contribution in [0.3, 0.4) is 0 Å². The highest BCUT2D eigenvalue weighted by molar-refractivity contribution is 6.35. The van der Waals surface area contributed by atoms with Gasteiger partial charge in [0.25, 0.3) is 0 Å². The maximum absolute atomic E-state index is 12.5. The topological polar surface area (TPSA) is 52.7 Å². The molecule has 0 spiro atoms. The predicted molar refractivity (Wildman–Crippen MR) is 108 cm³/mol. The lowest BCUT2D eigenvalue weighted by Crippen LogP contribution is -2.51. The minimum absolute atomic E-state index is 0.0470. The highest BCUT2D eigenvalue weighted by atomic mass is 35.5. The molecule has 1 saturated heterocycles. The van der Waals surface area contributed by atoms with Crippen molar-refractivity contribution in [2.45, 2.75) is 32.1 Å². The molecule has 5 nitrogen and oxygen atoms in total. The molecule has 0 radical (unpaired) electrons. The lowest BCUT2D eigenvalue weighted by atomic mass is 10.1. The molecule has 2 fully saturated rings. The van der Waals surface area contributed by atoms with Gasteiger partial charge in [0.15, 0.2) is 0 Å². The number of benzene rings is 1. The molecule has 7 heteroatoms. The third-order valence-electron chi connectivity index (χ3n) is 5.50. The van der Waals surface area contributed by atoms with Gasteiger partial charge in [-0.05, 0) is 30.5 Å². The van der Waals surface area contributed by atoms with Crippen molar-refractivity contribution in [3.63, 3.8) is 0 Å². The Morgan fingerprint density at radius 2 is 1.78 bits per heavy atom. The van der Waals surface area contributed by atoms with Crippen molar-refractivity contribution in [2.75, 3.05) is 39.3 Å². The number of halogens is 2. The average molecular weight is 412 g/mol. The smallest absolute Gasteiger partial charge is 0.225 e. The summed E-state index contributed by atoms with van der Waals surface area (Å²) in [4.78, 5) is 28.9. The fourth-order valence-corrected chi connectivity index (χ4v) is 4.35. The van der Waals surface area contributed by atoms with Crippen molar-refractivity contribution in [3.05, 3.63) is 33.8 Å². The maximum atomic E-state index is 12.5.